The molecule has 0 aliphatic carbocycles. The van der Waals surface area contributed by atoms with E-state index < -0.39 is 5.97 Å². The summed E-state index contributed by atoms with van der Waals surface area (Å²) >= 11 is 0. The predicted molar refractivity (Wildman–Crippen MR) is 114 cm³/mol. The van der Waals surface area contributed by atoms with E-state index in [4.69, 9.17) is 5.11 Å². The smallest absolute Gasteiger partial charge is 0.323 e. The van der Waals surface area contributed by atoms with E-state index in [2.05, 4.69) is 13.8 Å². The van der Waals surface area contributed by atoms with Crippen molar-refractivity contribution in [2.75, 3.05) is 13.1 Å². The first-order valence-electron chi connectivity index (χ1n) is 11.6. The molecule has 1 N–H and O–H groups in total. The largest absolute Gasteiger partial charge is 0.480 e. The molecular formula is C23H45NO3. The monoisotopic (exact) mass is 383 g/mol. The van der Waals surface area contributed by atoms with Crippen LogP contribution >= 0.6 is 0 Å². The van der Waals surface area contributed by atoms with Gasteiger partial charge in [0, 0.05) is 13.0 Å². The molecule has 0 radical (unpaired) electrons. The molecule has 4 heteroatoms. The Labute approximate surface area is 168 Å². The Bertz CT molecular complexity index is 358. The van der Waals surface area contributed by atoms with Gasteiger partial charge in [-0.2, -0.15) is 0 Å². The second kappa shape index (κ2) is 19.7. The number of amides is 1. The Morgan fingerprint density at radius 2 is 1.04 bits per heavy atom. The zero-order chi connectivity index (χ0) is 20.2. The highest BCUT2D eigenvalue weighted by Crippen LogP contribution is 2.13. The molecule has 160 valence electrons. The van der Waals surface area contributed by atoms with Crippen LogP contribution in [0.15, 0.2) is 0 Å². The SMILES string of the molecule is CCCCCCCCCCCCCCCC(=O)N(CCCCC)CC(=O)O. The van der Waals surface area contributed by atoms with Crippen LogP contribution in [0.3, 0.4) is 0 Å². The molecule has 0 saturated carbocycles. The van der Waals surface area contributed by atoms with Crippen LogP contribution in [0, 0.1) is 0 Å². The number of rotatable bonds is 20. The van der Waals surface area contributed by atoms with E-state index in [1.54, 1.807) is 0 Å². The van der Waals surface area contributed by atoms with Gasteiger partial charge < -0.3 is 10.0 Å². The summed E-state index contributed by atoms with van der Waals surface area (Å²) in [4.78, 5) is 24.7. The number of hydrogen-bond donors (Lipinski definition) is 1. The number of carbonyl (C=O) groups excluding carboxylic acids is 1. The Morgan fingerprint density at radius 1 is 0.630 bits per heavy atom. The zero-order valence-electron chi connectivity index (χ0n) is 18.1. The van der Waals surface area contributed by atoms with Gasteiger partial charge in [0.2, 0.25) is 5.91 Å². The first-order chi connectivity index (χ1) is 13.1. The predicted octanol–water partition coefficient (Wildman–Crippen LogP) is 6.57. The van der Waals surface area contributed by atoms with Gasteiger partial charge in [0.25, 0.3) is 0 Å². The van der Waals surface area contributed by atoms with E-state index in [0.29, 0.717) is 13.0 Å². The van der Waals surface area contributed by atoms with E-state index in [9.17, 15) is 9.59 Å². The summed E-state index contributed by atoms with van der Waals surface area (Å²) in [6, 6.07) is 0. The maximum absolute atomic E-state index is 12.2. The van der Waals surface area contributed by atoms with E-state index in [-0.39, 0.29) is 12.5 Å². The van der Waals surface area contributed by atoms with Gasteiger partial charge in [0.05, 0.1) is 0 Å². The Balaban J connectivity index is 3.57. The lowest BCUT2D eigenvalue weighted by Crippen LogP contribution is -2.36. The topological polar surface area (TPSA) is 57.6 Å². The average molecular weight is 384 g/mol. The lowest BCUT2D eigenvalue weighted by molar-refractivity contribution is -0.144. The van der Waals surface area contributed by atoms with Crippen LogP contribution in [-0.4, -0.2) is 35.0 Å². The van der Waals surface area contributed by atoms with Crippen molar-refractivity contribution in [1.29, 1.82) is 0 Å². The minimum Gasteiger partial charge on any atom is -0.480 e. The third kappa shape index (κ3) is 18.1. The molecular weight excluding hydrogens is 338 g/mol. The van der Waals surface area contributed by atoms with E-state index in [0.717, 1.165) is 32.1 Å². The Hall–Kier alpha value is -1.06. The first kappa shape index (κ1) is 25.9. The van der Waals surface area contributed by atoms with Crippen LogP contribution in [0.25, 0.3) is 0 Å². The van der Waals surface area contributed by atoms with Crippen molar-refractivity contribution in [3.63, 3.8) is 0 Å². The van der Waals surface area contributed by atoms with Gasteiger partial charge in [0.15, 0.2) is 0 Å². The summed E-state index contributed by atoms with van der Waals surface area (Å²) in [5.74, 6) is -0.901. The average Bonchev–Trinajstić information content (AvgIpc) is 2.64. The number of carboxylic acid groups (broad SMARTS) is 1. The van der Waals surface area contributed by atoms with Crippen molar-refractivity contribution in [2.24, 2.45) is 0 Å². The molecule has 0 spiro atoms. The maximum atomic E-state index is 12.2. The molecule has 0 heterocycles. The molecule has 0 aliphatic rings. The molecule has 0 fully saturated rings. The Kier molecular flexibility index (Phi) is 18.9. The summed E-state index contributed by atoms with van der Waals surface area (Å²) in [7, 11) is 0. The summed E-state index contributed by atoms with van der Waals surface area (Å²) < 4.78 is 0. The van der Waals surface area contributed by atoms with E-state index >= 15 is 0 Å². The molecule has 0 aromatic heterocycles. The molecule has 0 saturated heterocycles. The van der Waals surface area contributed by atoms with Crippen molar-refractivity contribution >= 4 is 11.9 Å². The van der Waals surface area contributed by atoms with Crippen LogP contribution in [0.1, 0.15) is 123 Å². The fourth-order valence-electron chi connectivity index (χ4n) is 3.46. The molecule has 0 unspecified atom stereocenters. The summed E-state index contributed by atoms with van der Waals surface area (Å²) in [6.07, 6.45) is 20.3. The van der Waals surface area contributed by atoms with Crippen LogP contribution in [0.2, 0.25) is 0 Å². The second-order valence-electron chi connectivity index (χ2n) is 7.91. The van der Waals surface area contributed by atoms with E-state index in [1.165, 1.54) is 75.5 Å². The van der Waals surface area contributed by atoms with Gasteiger partial charge in [-0.05, 0) is 12.8 Å². The molecule has 0 rings (SSSR count). The first-order valence-corrected chi connectivity index (χ1v) is 11.6. The minimum atomic E-state index is -0.912. The minimum absolute atomic E-state index is 0.0107. The summed E-state index contributed by atoms with van der Waals surface area (Å²) in [6.45, 7) is 4.80. The van der Waals surface area contributed by atoms with Crippen molar-refractivity contribution < 1.29 is 14.7 Å². The number of nitrogens with zero attached hydrogens (tertiary/aromatic N) is 1. The zero-order valence-corrected chi connectivity index (χ0v) is 18.1. The van der Waals surface area contributed by atoms with Gasteiger partial charge >= 0.3 is 5.97 Å². The molecule has 0 aromatic rings. The highest BCUT2D eigenvalue weighted by atomic mass is 16.4. The van der Waals surface area contributed by atoms with Crippen molar-refractivity contribution in [1.82, 2.24) is 4.90 Å². The number of hydrogen-bond acceptors (Lipinski definition) is 2. The standard InChI is InChI=1S/C23H45NO3/c1-3-5-7-8-9-10-11-12-13-14-15-16-17-19-22(25)24(21-23(26)27)20-18-6-4-2/h3-21H2,1-2H3,(H,26,27). The van der Waals surface area contributed by atoms with Crippen LogP contribution in [0.5, 0.6) is 0 Å². The molecule has 0 atom stereocenters. The number of aliphatic carboxylic acids is 1. The van der Waals surface area contributed by atoms with Gasteiger partial charge in [-0.1, -0.05) is 104 Å². The Morgan fingerprint density at radius 3 is 1.48 bits per heavy atom. The lowest BCUT2D eigenvalue weighted by atomic mass is 10.0. The van der Waals surface area contributed by atoms with Crippen LogP contribution in [-0.2, 0) is 9.59 Å². The van der Waals surface area contributed by atoms with Crippen molar-refractivity contribution in [2.45, 2.75) is 123 Å². The van der Waals surface area contributed by atoms with Gasteiger partial charge in [0.1, 0.15) is 6.54 Å². The highest BCUT2D eigenvalue weighted by molar-refractivity contribution is 5.81. The number of carboxylic acids is 1. The third-order valence-electron chi connectivity index (χ3n) is 5.20. The van der Waals surface area contributed by atoms with Crippen LogP contribution in [0.4, 0.5) is 0 Å². The third-order valence-corrected chi connectivity index (χ3v) is 5.20. The quantitative estimate of drug-likeness (QED) is 0.242. The highest BCUT2D eigenvalue weighted by Gasteiger charge is 2.15. The van der Waals surface area contributed by atoms with Gasteiger partial charge in [-0.15, -0.1) is 0 Å². The summed E-state index contributed by atoms with van der Waals surface area (Å²) in [5.41, 5.74) is 0. The second-order valence-corrected chi connectivity index (χ2v) is 7.91. The van der Waals surface area contributed by atoms with Crippen LogP contribution < -0.4 is 0 Å². The summed E-state index contributed by atoms with van der Waals surface area (Å²) in [5, 5.41) is 8.98. The number of unbranched alkanes of at least 4 members (excludes halogenated alkanes) is 14. The fourth-order valence-corrected chi connectivity index (χ4v) is 3.46. The molecule has 27 heavy (non-hydrogen) atoms. The maximum Gasteiger partial charge on any atom is 0.323 e. The number of carbonyl (C=O) groups is 2. The normalized spacial score (nSPS) is 10.9. The van der Waals surface area contributed by atoms with Gasteiger partial charge in [-0.25, -0.2) is 0 Å². The lowest BCUT2D eigenvalue weighted by Gasteiger charge is -2.20. The molecule has 0 bridgehead atoms. The molecule has 0 aliphatic heterocycles. The van der Waals surface area contributed by atoms with Gasteiger partial charge in [-0.3, -0.25) is 9.59 Å². The van der Waals surface area contributed by atoms with Crippen molar-refractivity contribution in [3.8, 4) is 0 Å². The fraction of sp³-hybridized carbons (Fsp3) is 0.913. The van der Waals surface area contributed by atoms with Crippen molar-refractivity contribution in [3.05, 3.63) is 0 Å². The molecule has 4 nitrogen and oxygen atoms in total. The molecule has 0 aromatic carbocycles. The van der Waals surface area contributed by atoms with E-state index in [1.807, 2.05) is 0 Å². The molecule has 1 amide bonds.